The summed E-state index contributed by atoms with van der Waals surface area (Å²) in [5.41, 5.74) is 1.02. The number of nitro groups is 1. The molecule has 0 saturated carbocycles. The first-order chi connectivity index (χ1) is 13.3. The van der Waals surface area contributed by atoms with E-state index in [1.807, 2.05) is 13.8 Å². The Kier molecular flexibility index (Phi) is 7.74. The molecule has 1 amide bonds. The highest BCUT2D eigenvalue weighted by atomic mass is 16.6. The van der Waals surface area contributed by atoms with E-state index in [4.69, 9.17) is 4.74 Å². The topological polar surface area (TPSA) is 106 Å². The number of nitrogens with zero attached hydrogens (tertiary/aromatic N) is 2. The summed E-state index contributed by atoms with van der Waals surface area (Å²) in [4.78, 5) is 38.0. The van der Waals surface area contributed by atoms with Crippen molar-refractivity contribution in [3.05, 3.63) is 34.4 Å². The minimum absolute atomic E-state index is 0.00499. The average Bonchev–Trinajstić information content (AvgIpc) is 2.71. The Morgan fingerprint density at radius 3 is 2.39 bits per heavy atom. The smallest absolute Gasteiger partial charge is 0.328 e. The molecule has 28 heavy (non-hydrogen) atoms. The molecule has 2 atom stereocenters. The predicted molar refractivity (Wildman–Crippen MR) is 104 cm³/mol. The molecule has 0 unspecified atom stereocenters. The molecule has 0 aliphatic carbocycles. The number of anilines is 1. The van der Waals surface area contributed by atoms with Crippen LogP contribution < -0.4 is 15.1 Å². The Morgan fingerprint density at radius 2 is 1.89 bits per heavy atom. The molecular formula is C19H29N4O5+. The van der Waals surface area contributed by atoms with Gasteiger partial charge in [0.1, 0.15) is 6.04 Å². The van der Waals surface area contributed by atoms with Crippen molar-refractivity contribution in [1.29, 1.82) is 0 Å². The van der Waals surface area contributed by atoms with E-state index in [1.165, 1.54) is 19.2 Å². The number of carbonyl (C=O) groups is 2. The molecule has 1 aromatic rings. The van der Waals surface area contributed by atoms with E-state index in [9.17, 15) is 19.7 Å². The van der Waals surface area contributed by atoms with Crippen molar-refractivity contribution in [3.63, 3.8) is 0 Å². The third-order valence-electron chi connectivity index (χ3n) is 5.29. The molecule has 1 aliphatic rings. The highest BCUT2D eigenvalue weighted by molar-refractivity contribution is 5.85. The largest absolute Gasteiger partial charge is 0.467 e. The molecule has 0 spiro atoms. The number of ether oxygens (including phenoxy) is 1. The van der Waals surface area contributed by atoms with Gasteiger partial charge in [-0.05, 0) is 18.1 Å². The van der Waals surface area contributed by atoms with Crippen LogP contribution in [0.3, 0.4) is 0 Å². The molecule has 0 radical (unpaired) electrons. The van der Waals surface area contributed by atoms with Gasteiger partial charge in [0.2, 0.25) is 0 Å². The number of carbonyl (C=O) groups excluding carboxylic acids is 2. The summed E-state index contributed by atoms with van der Waals surface area (Å²) in [7, 11) is 1.33. The fourth-order valence-electron chi connectivity index (χ4n) is 3.29. The van der Waals surface area contributed by atoms with Gasteiger partial charge in [-0.2, -0.15) is 0 Å². The SMILES string of the molecule is CC[C@H](C)[C@H](NC(=O)C[NH+]1CCN(c2ccc([N+](=O)[O-])cc2)CC1)C(=O)OC. The maximum atomic E-state index is 12.4. The van der Waals surface area contributed by atoms with Crippen LogP contribution in [-0.2, 0) is 14.3 Å². The maximum absolute atomic E-state index is 12.4. The first-order valence-corrected chi connectivity index (χ1v) is 9.55. The molecule has 9 heteroatoms. The van der Waals surface area contributed by atoms with Crippen molar-refractivity contribution in [2.75, 3.05) is 44.7 Å². The highest BCUT2D eigenvalue weighted by Crippen LogP contribution is 2.19. The van der Waals surface area contributed by atoms with Gasteiger partial charge in [0.15, 0.2) is 6.54 Å². The molecule has 1 heterocycles. The Bertz CT molecular complexity index is 686. The number of amides is 1. The number of quaternary nitrogens is 1. The predicted octanol–water partition coefficient (Wildman–Crippen LogP) is 0.00360. The number of hydrogen-bond donors (Lipinski definition) is 2. The van der Waals surface area contributed by atoms with Crippen molar-refractivity contribution >= 4 is 23.3 Å². The van der Waals surface area contributed by atoms with Crippen LogP contribution in [0.4, 0.5) is 11.4 Å². The van der Waals surface area contributed by atoms with E-state index in [2.05, 4.69) is 10.2 Å². The quantitative estimate of drug-likeness (QED) is 0.366. The van der Waals surface area contributed by atoms with Crippen molar-refractivity contribution in [2.24, 2.45) is 5.92 Å². The van der Waals surface area contributed by atoms with Crippen molar-refractivity contribution < 1.29 is 24.1 Å². The van der Waals surface area contributed by atoms with Gasteiger partial charge >= 0.3 is 5.97 Å². The Morgan fingerprint density at radius 1 is 1.29 bits per heavy atom. The van der Waals surface area contributed by atoms with Crippen LogP contribution in [0, 0.1) is 16.0 Å². The van der Waals surface area contributed by atoms with Gasteiger partial charge in [-0.25, -0.2) is 4.79 Å². The molecule has 1 saturated heterocycles. The molecule has 154 valence electrons. The van der Waals surface area contributed by atoms with E-state index < -0.39 is 16.9 Å². The summed E-state index contributed by atoms with van der Waals surface area (Å²) >= 11 is 0. The standard InChI is InChI=1S/C19H28N4O5/c1-4-14(2)18(19(25)28-3)20-17(24)13-21-9-11-22(12-10-21)15-5-7-16(8-6-15)23(26)27/h5-8,14,18H,4,9-13H2,1-3H3,(H,20,24)/p+1/t14-,18-/m0/s1. The molecule has 2 N–H and O–H groups in total. The second kappa shape index (κ2) is 10.0. The molecular weight excluding hydrogens is 364 g/mol. The molecule has 0 aromatic heterocycles. The van der Waals surface area contributed by atoms with Gasteiger partial charge in [-0.15, -0.1) is 0 Å². The summed E-state index contributed by atoms with van der Waals surface area (Å²) in [6.07, 6.45) is 0.765. The second-order valence-electron chi connectivity index (χ2n) is 7.14. The maximum Gasteiger partial charge on any atom is 0.328 e. The van der Waals surface area contributed by atoms with E-state index in [1.54, 1.807) is 12.1 Å². The third kappa shape index (κ3) is 5.66. The number of non-ortho nitro benzene ring substituents is 1. The van der Waals surface area contributed by atoms with Gasteiger partial charge in [-0.1, -0.05) is 20.3 Å². The van der Waals surface area contributed by atoms with Crippen molar-refractivity contribution in [1.82, 2.24) is 5.32 Å². The van der Waals surface area contributed by atoms with E-state index in [-0.39, 0.29) is 17.5 Å². The van der Waals surface area contributed by atoms with E-state index in [0.29, 0.717) is 6.54 Å². The normalized spacial score (nSPS) is 16.9. The molecule has 1 fully saturated rings. The zero-order valence-electron chi connectivity index (χ0n) is 16.6. The lowest BCUT2D eigenvalue weighted by Gasteiger charge is -2.33. The second-order valence-corrected chi connectivity index (χ2v) is 7.14. The summed E-state index contributed by atoms with van der Waals surface area (Å²) < 4.78 is 4.80. The zero-order valence-corrected chi connectivity index (χ0v) is 16.6. The molecule has 0 bridgehead atoms. The van der Waals surface area contributed by atoms with Crippen LogP contribution in [0.5, 0.6) is 0 Å². The summed E-state index contributed by atoms with van der Waals surface area (Å²) in [5, 5.41) is 13.6. The van der Waals surface area contributed by atoms with Gasteiger partial charge in [0, 0.05) is 17.8 Å². The minimum Gasteiger partial charge on any atom is -0.467 e. The molecule has 9 nitrogen and oxygen atoms in total. The number of piperazine rings is 1. The average molecular weight is 393 g/mol. The summed E-state index contributed by atoms with van der Waals surface area (Å²) in [5.74, 6) is -0.569. The zero-order chi connectivity index (χ0) is 20.7. The summed E-state index contributed by atoms with van der Waals surface area (Å²) in [6.45, 7) is 7.25. The fourth-order valence-corrected chi connectivity index (χ4v) is 3.29. The molecule has 1 aromatic carbocycles. The van der Waals surface area contributed by atoms with Crippen LogP contribution in [0.25, 0.3) is 0 Å². The minimum atomic E-state index is -0.622. The lowest BCUT2D eigenvalue weighted by Crippen LogP contribution is -3.16. The Labute approximate surface area is 164 Å². The van der Waals surface area contributed by atoms with Crippen molar-refractivity contribution in [2.45, 2.75) is 26.3 Å². The van der Waals surface area contributed by atoms with Gasteiger partial charge in [0.05, 0.1) is 38.2 Å². The van der Waals surface area contributed by atoms with Gasteiger partial charge in [-0.3, -0.25) is 14.9 Å². The molecule has 1 aliphatic heterocycles. The summed E-state index contributed by atoms with van der Waals surface area (Å²) in [6, 6.07) is 5.89. The number of nitro benzene ring substituents is 1. The van der Waals surface area contributed by atoms with Gasteiger partial charge < -0.3 is 19.9 Å². The number of nitrogens with one attached hydrogen (secondary N) is 2. The fraction of sp³-hybridized carbons (Fsp3) is 0.579. The lowest BCUT2D eigenvalue weighted by molar-refractivity contribution is -0.892. The highest BCUT2D eigenvalue weighted by Gasteiger charge is 2.29. The Hall–Kier alpha value is -2.68. The van der Waals surface area contributed by atoms with E-state index in [0.717, 1.165) is 43.2 Å². The van der Waals surface area contributed by atoms with Crippen LogP contribution in [0.2, 0.25) is 0 Å². The van der Waals surface area contributed by atoms with Crippen LogP contribution >= 0.6 is 0 Å². The van der Waals surface area contributed by atoms with Crippen LogP contribution in [0.15, 0.2) is 24.3 Å². The first kappa shape index (κ1) is 21.6. The van der Waals surface area contributed by atoms with E-state index >= 15 is 0 Å². The van der Waals surface area contributed by atoms with Crippen molar-refractivity contribution in [3.8, 4) is 0 Å². The first-order valence-electron chi connectivity index (χ1n) is 9.55. The monoisotopic (exact) mass is 393 g/mol. The molecule has 2 rings (SSSR count). The van der Waals surface area contributed by atoms with Gasteiger partial charge in [0.25, 0.3) is 11.6 Å². The number of benzene rings is 1. The number of hydrogen-bond acceptors (Lipinski definition) is 6. The Balaban J connectivity index is 1.85. The van der Waals surface area contributed by atoms with Crippen LogP contribution in [0.1, 0.15) is 20.3 Å². The number of esters is 1. The number of methoxy groups -OCH3 is 1. The third-order valence-corrected chi connectivity index (χ3v) is 5.29. The number of rotatable bonds is 8. The lowest BCUT2D eigenvalue weighted by atomic mass is 9.99. The van der Waals surface area contributed by atoms with Crippen LogP contribution in [-0.4, -0.2) is 62.7 Å².